The molecule has 0 aliphatic carbocycles. The number of aromatic nitrogens is 2. The monoisotopic (exact) mass is 441 g/mol. The highest BCUT2D eigenvalue weighted by Crippen LogP contribution is 2.29. The molecule has 4 atom stereocenters. The van der Waals surface area contributed by atoms with Crippen LogP contribution in [-0.4, -0.2) is 60.1 Å². The van der Waals surface area contributed by atoms with Crippen LogP contribution < -0.4 is 16.6 Å². The van der Waals surface area contributed by atoms with E-state index in [0.717, 1.165) is 4.57 Å². The number of aliphatic hydroxyl groups excluding tert-OH is 2. The fraction of sp³-hybridized carbons (Fsp3) is 0.583. The molecule has 1 aliphatic rings. The zero-order valence-corrected chi connectivity index (χ0v) is 14.0. The smallest absolute Gasteiger partial charge is 0.330 e. The van der Waals surface area contributed by atoms with E-state index in [1.165, 1.54) is 6.20 Å². The Balaban J connectivity index is 2.27. The van der Waals surface area contributed by atoms with Gasteiger partial charge in [0, 0.05) is 22.7 Å². The van der Waals surface area contributed by atoms with Gasteiger partial charge in [-0.15, -0.1) is 0 Å². The van der Waals surface area contributed by atoms with Gasteiger partial charge in [-0.2, -0.15) is 0 Å². The van der Waals surface area contributed by atoms with Gasteiger partial charge in [0.15, 0.2) is 6.23 Å². The molecule has 2 heterocycles. The third-order valence-electron chi connectivity index (χ3n) is 3.40. The van der Waals surface area contributed by atoms with Gasteiger partial charge in [-0.1, -0.05) is 22.6 Å². The molecule has 0 aromatic carbocycles. The topological polar surface area (TPSA) is 154 Å². The molecular formula is C12H16IN3O7. The lowest BCUT2D eigenvalue weighted by Gasteiger charge is -2.18. The number of nitrogens with one attached hydrogen (secondary N) is 2. The quantitative estimate of drug-likeness (QED) is 0.246. The number of aliphatic hydroxyl groups is 2. The standard InChI is InChI=1S/C12H16IN3O7/c13-1-6-8(19)9(20)11(23-6)16-4-5(2-14-3-7(17)18)10(21)15-12(16)22/h4,6,8-9,11,14,19-20H,1-3H2,(H,17,18)(H,15,21,22)/t6-,8-,9-,11?/m1/s1. The third-order valence-corrected chi connectivity index (χ3v) is 4.26. The number of carbonyl (C=O) groups is 1. The molecule has 10 nitrogen and oxygen atoms in total. The normalized spacial score (nSPS) is 27.3. The Morgan fingerprint density at radius 3 is 2.65 bits per heavy atom. The summed E-state index contributed by atoms with van der Waals surface area (Å²) < 4.78 is 6.86. The highest BCUT2D eigenvalue weighted by molar-refractivity contribution is 14.1. The molecule has 1 unspecified atom stereocenters. The summed E-state index contributed by atoms with van der Waals surface area (Å²) in [6.07, 6.45) is -3.05. The zero-order valence-electron chi connectivity index (χ0n) is 11.8. The van der Waals surface area contributed by atoms with Crippen molar-refractivity contribution >= 4 is 28.6 Å². The number of alkyl halides is 1. The Labute approximate surface area is 143 Å². The van der Waals surface area contributed by atoms with Gasteiger partial charge in [-0.25, -0.2) is 4.79 Å². The van der Waals surface area contributed by atoms with Crippen LogP contribution in [0.15, 0.2) is 15.8 Å². The number of ether oxygens (including phenoxy) is 1. The SMILES string of the molecule is O=C(O)CNCc1cn(C2O[C@H](CI)[C@@H](O)[C@H]2O)c(=O)[nH]c1=O. The molecule has 2 rings (SSSR count). The van der Waals surface area contributed by atoms with E-state index in [9.17, 15) is 24.6 Å². The Hall–Kier alpha value is -1.28. The van der Waals surface area contributed by atoms with Crippen molar-refractivity contribution in [2.75, 3.05) is 11.0 Å². The predicted octanol–water partition coefficient (Wildman–Crippen LogP) is -2.23. The van der Waals surface area contributed by atoms with Crippen LogP contribution in [0.3, 0.4) is 0 Å². The minimum absolute atomic E-state index is 0.0804. The number of aromatic amines is 1. The van der Waals surface area contributed by atoms with E-state index in [1.54, 1.807) is 0 Å². The highest BCUT2D eigenvalue weighted by Gasteiger charge is 2.43. The number of carboxylic acids is 1. The van der Waals surface area contributed by atoms with Gasteiger partial charge < -0.3 is 25.4 Å². The number of aliphatic carboxylic acids is 1. The van der Waals surface area contributed by atoms with Crippen LogP contribution in [0, 0.1) is 0 Å². The van der Waals surface area contributed by atoms with Crippen molar-refractivity contribution < 1.29 is 24.9 Å². The van der Waals surface area contributed by atoms with Crippen LogP contribution in [0.1, 0.15) is 11.8 Å². The average Bonchev–Trinajstić information content (AvgIpc) is 2.77. The summed E-state index contributed by atoms with van der Waals surface area (Å²) in [4.78, 5) is 36.2. The van der Waals surface area contributed by atoms with Crippen molar-refractivity contribution in [1.82, 2.24) is 14.9 Å². The van der Waals surface area contributed by atoms with E-state index in [1.807, 2.05) is 22.6 Å². The van der Waals surface area contributed by atoms with Gasteiger partial charge in [-0.05, 0) is 0 Å². The van der Waals surface area contributed by atoms with Crippen LogP contribution >= 0.6 is 22.6 Å². The summed E-state index contributed by atoms with van der Waals surface area (Å²) in [5.41, 5.74) is -1.35. The first-order chi connectivity index (χ1) is 10.8. The molecule has 1 saturated heterocycles. The van der Waals surface area contributed by atoms with Crippen LogP contribution in [-0.2, 0) is 16.1 Å². The van der Waals surface area contributed by atoms with Gasteiger partial charge in [-0.3, -0.25) is 19.1 Å². The number of H-pyrrole nitrogens is 1. The lowest BCUT2D eigenvalue weighted by Crippen LogP contribution is -2.39. The molecule has 1 aromatic heterocycles. The van der Waals surface area contributed by atoms with Crippen molar-refractivity contribution in [3.63, 3.8) is 0 Å². The lowest BCUT2D eigenvalue weighted by atomic mass is 10.1. The summed E-state index contributed by atoms with van der Waals surface area (Å²) in [6, 6.07) is 0. The molecule has 5 N–H and O–H groups in total. The molecule has 23 heavy (non-hydrogen) atoms. The molecule has 0 bridgehead atoms. The summed E-state index contributed by atoms with van der Waals surface area (Å²) >= 11 is 1.98. The first-order valence-corrected chi connectivity index (χ1v) is 8.22. The lowest BCUT2D eigenvalue weighted by molar-refractivity contribution is -0.136. The minimum atomic E-state index is -1.32. The van der Waals surface area contributed by atoms with E-state index >= 15 is 0 Å². The largest absolute Gasteiger partial charge is 0.480 e. The third kappa shape index (κ3) is 3.98. The van der Waals surface area contributed by atoms with E-state index < -0.39 is 41.8 Å². The molecule has 1 aliphatic heterocycles. The Morgan fingerprint density at radius 1 is 1.39 bits per heavy atom. The Bertz CT molecular complexity index is 688. The van der Waals surface area contributed by atoms with E-state index in [4.69, 9.17) is 9.84 Å². The minimum Gasteiger partial charge on any atom is -0.480 e. The summed E-state index contributed by atoms with van der Waals surface area (Å²) in [6.45, 7) is -0.431. The van der Waals surface area contributed by atoms with Crippen molar-refractivity contribution in [2.45, 2.75) is 31.1 Å². The van der Waals surface area contributed by atoms with Gasteiger partial charge in [0.2, 0.25) is 0 Å². The number of halogens is 1. The summed E-state index contributed by atoms with van der Waals surface area (Å²) in [5.74, 6) is -1.09. The number of hydrogen-bond acceptors (Lipinski definition) is 7. The van der Waals surface area contributed by atoms with Crippen LogP contribution in [0.25, 0.3) is 0 Å². The molecule has 0 radical (unpaired) electrons. The van der Waals surface area contributed by atoms with Crippen LogP contribution in [0.2, 0.25) is 0 Å². The second-order valence-corrected chi connectivity index (χ2v) is 5.90. The average molecular weight is 441 g/mol. The van der Waals surface area contributed by atoms with Crippen molar-refractivity contribution in [1.29, 1.82) is 0 Å². The molecule has 1 fully saturated rings. The maximum absolute atomic E-state index is 11.9. The molecule has 0 saturated carbocycles. The van der Waals surface area contributed by atoms with Crippen molar-refractivity contribution in [3.05, 3.63) is 32.6 Å². The van der Waals surface area contributed by atoms with Crippen molar-refractivity contribution in [2.24, 2.45) is 0 Å². The fourth-order valence-electron chi connectivity index (χ4n) is 2.23. The van der Waals surface area contributed by atoms with Gasteiger partial charge in [0.25, 0.3) is 5.56 Å². The maximum Gasteiger partial charge on any atom is 0.330 e. The second-order valence-electron chi connectivity index (χ2n) is 5.02. The number of rotatable bonds is 6. The molecular weight excluding hydrogens is 425 g/mol. The second kappa shape index (κ2) is 7.53. The van der Waals surface area contributed by atoms with E-state index in [0.29, 0.717) is 4.43 Å². The molecule has 128 valence electrons. The summed E-state index contributed by atoms with van der Waals surface area (Å²) in [7, 11) is 0. The summed E-state index contributed by atoms with van der Waals surface area (Å²) in [5, 5.41) is 31.0. The molecule has 0 amide bonds. The van der Waals surface area contributed by atoms with Crippen LogP contribution in [0.4, 0.5) is 0 Å². The number of carboxylic acid groups (broad SMARTS) is 1. The van der Waals surface area contributed by atoms with E-state index in [2.05, 4.69) is 10.3 Å². The first-order valence-electron chi connectivity index (χ1n) is 6.69. The molecule has 11 heteroatoms. The highest BCUT2D eigenvalue weighted by atomic mass is 127. The maximum atomic E-state index is 11.9. The van der Waals surface area contributed by atoms with Gasteiger partial charge in [0.05, 0.1) is 12.6 Å². The van der Waals surface area contributed by atoms with Gasteiger partial charge in [0.1, 0.15) is 12.2 Å². The number of nitrogens with zero attached hydrogens (tertiary/aromatic N) is 1. The molecule has 0 spiro atoms. The number of hydrogen-bond donors (Lipinski definition) is 5. The van der Waals surface area contributed by atoms with E-state index in [-0.39, 0.29) is 18.7 Å². The predicted molar refractivity (Wildman–Crippen MR) is 85.5 cm³/mol. The van der Waals surface area contributed by atoms with Crippen molar-refractivity contribution in [3.8, 4) is 0 Å². The first kappa shape index (κ1) is 18.1. The zero-order chi connectivity index (χ0) is 17.1. The fourth-order valence-corrected chi connectivity index (χ4v) is 2.96. The Kier molecular flexibility index (Phi) is 5.91. The Morgan fingerprint density at radius 2 is 2.09 bits per heavy atom. The molecule has 1 aromatic rings. The van der Waals surface area contributed by atoms with Crippen LogP contribution in [0.5, 0.6) is 0 Å². The van der Waals surface area contributed by atoms with Gasteiger partial charge >= 0.3 is 11.7 Å².